The van der Waals surface area contributed by atoms with Crippen molar-refractivity contribution in [3.63, 3.8) is 0 Å². The van der Waals surface area contributed by atoms with Gasteiger partial charge >= 0.3 is 0 Å². The number of aliphatic hydroxyl groups excluding tert-OH is 2. The number of benzene rings is 1. The van der Waals surface area contributed by atoms with Gasteiger partial charge in [-0.1, -0.05) is 6.42 Å². The van der Waals surface area contributed by atoms with E-state index in [0.29, 0.717) is 23.0 Å². The Morgan fingerprint density at radius 2 is 1.83 bits per heavy atom. The Morgan fingerprint density at radius 1 is 1.10 bits per heavy atom. The molecule has 0 heterocycles. The van der Waals surface area contributed by atoms with Gasteiger partial charge < -0.3 is 31.5 Å². The van der Waals surface area contributed by atoms with Gasteiger partial charge in [-0.3, -0.25) is 24.1 Å². The van der Waals surface area contributed by atoms with Crippen LogP contribution < -0.4 is 11.1 Å². The lowest BCUT2D eigenvalue weighted by molar-refractivity contribution is -0.153. The quantitative estimate of drug-likeness (QED) is 0.214. The van der Waals surface area contributed by atoms with E-state index in [1.165, 1.54) is 29.9 Å². The summed E-state index contributed by atoms with van der Waals surface area (Å²) in [5.41, 5.74) is 2.19. The fourth-order valence-electron chi connectivity index (χ4n) is 8.32. The first kappa shape index (κ1) is 27.6. The van der Waals surface area contributed by atoms with Crippen LogP contribution in [0.4, 0.5) is 0 Å². The summed E-state index contributed by atoms with van der Waals surface area (Å²) < 4.78 is 0. The largest absolute Gasteiger partial charge is 0.508 e. The number of carbonyl (C=O) groups excluding carboxylic acids is 4. The smallest absolute Gasteiger partial charge is 0.255 e. The molecule has 5 aliphatic rings. The number of phenols is 1. The number of likely N-dealkylation sites (N-methyl/N-ethyl adjacent to an activating group) is 1. The molecule has 11 nitrogen and oxygen atoms in total. The summed E-state index contributed by atoms with van der Waals surface area (Å²) in [4.78, 5) is 54.2. The van der Waals surface area contributed by atoms with E-state index in [1.54, 1.807) is 14.1 Å². The maximum atomic E-state index is 13.9. The minimum Gasteiger partial charge on any atom is -0.508 e. The van der Waals surface area contributed by atoms with Gasteiger partial charge in [0, 0.05) is 23.1 Å². The minimum absolute atomic E-state index is 0.0293. The van der Waals surface area contributed by atoms with Crippen LogP contribution >= 0.6 is 0 Å². The molecule has 218 valence electrons. The number of nitrogens with two attached hydrogens (primary N) is 1. The number of rotatable bonds is 6. The lowest BCUT2D eigenvalue weighted by Gasteiger charge is -2.50. The molecule has 6 rings (SSSR count). The van der Waals surface area contributed by atoms with E-state index < -0.39 is 58.0 Å². The van der Waals surface area contributed by atoms with Crippen LogP contribution in [-0.2, 0) is 20.8 Å². The van der Waals surface area contributed by atoms with Crippen LogP contribution in [0.5, 0.6) is 5.75 Å². The van der Waals surface area contributed by atoms with Crippen LogP contribution in [-0.4, -0.2) is 86.9 Å². The molecule has 2 bridgehead atoms. The Hall–Kier alpha value is -3.54. The lowest BCUT2D eigenvalue weighted by Crippen LogP contribution is -2.65. The van der Waals surface area contributed by atoms with Crippen LogP contribution in [0.25, 0.3) is 5.76 Å². The number of nitrogens with one attached hydrogen (secondary N) is 1. The first-order chi connectivity index (χ1) is 19.4. The number of ketones is 3. The van der Waals surface area contributed by atoms with Crippen molar-refractivity contribution in [2.45, 2.75) is 56.2 Å². The Balaban J connectivity index is 1.40. The summed E-state index contributed by atoms with van der Waals surface area (Å²) in [7, 11) is 3.09. The van der Waals surface area contributed by atoms with Crippen molar-refractivity contribution in [3.8, 4) is 5.75 Å². The average molecular weight is 566 g/mol. The number of primary amides is 1. The maximum Gasteiger partial charge on any atom is 0.255 e. The van der Waals surface area contributed by atoms with Crippen molar-refractivity contribution in [3.05, 3.63) is 45.7 Å². The van der Waals surface area contributed by atoms with Gasteiger partial charge in [0.15, 0.2) is 17.2 Å². The van der Waals surface area contributed by atoms with E-state index in [2.05, 4.69) is 5.32 Å². The van der Waals surface area contributed by atoms with Crippen LogP contribution in [0.15, 0.2) is 29.0 Å². The van der Waals surface area contributed by atoms with Gasteiger partial charge in [-0.25, -0.2) is 0 Å². The normalized spacial score (nSPS) is 34.1. The van der Waals surface area contributed by atoms with E-state index in [4.69, 9.17) is 5.73 Å². The fourth-order valence-corrected chi connectivity index (χ4v) is 8.32. The SMILES string of the molecule is CN(C)[C@@H]1C(=O)C(C(N)=O)=C(O)[C@@]2(O)C(=O)C3=C(O)c4c(O)ccc(C(=O)CN[C@@H]5C[C@H]6CC[C@@H]5C6)c4C[C@H]3C[C@@H]12. The topological polar surface area (TPSA) is 190 Å². The molecule has 0 aromatic heterocycles. The number of fused-ring (bicyclic) bond motifs is 5. The fraction of sp³-hybridized carbons (Fsp3) is 0.533. The summed E-state index contributed by atoms with van der Waals surface area (Å²) in [5, 5.41) is 48.1. The number of Topliss-reactive ketones (excluding diaryl/α,β-unsaturated/α-hetero) is 3. The van der Waals surface area contributed by atoms with Crippen LogP contribution in [0.1, 0.15) is 53.6 Å². The summed E-state index contributed by atoms with van der Waals surface area (Å²) in [6.07, 6.45) is 4.70. The van der Waals surface area contributed by atoms with Gasteiger partial charge in [-0.2, -0.15) is 0 Å². The molecule has 0 saturated heterocycles. The summed E-state index contributed by atoms with van der Waals surface area (Å²) in [6.45, 7) is 0.0974. The van der Waals surface area contributed by atoms with Crippen molar-refractivity contribution in [2.24, 2.45) is 29.4 Å². The van der Waals surface area contributed by atoms with Crippen molar-refractivity contribution < 1.29 is 39.6 Å². The predicted octanol–water partition coefficient (Wildman–Crippen LogP) is 0.925. The third-order valence-corrected chi connectivity index (χ3v) is 10.2. The summed E-state index contributed by atoms with van der Waals surface area (Å²) in [6, 6.07) is 1.93. The highest BCUT2D eigenvalue weighted by molar-refractivity contribution is 6.24. The molecule has 0 radical (unpaired) electrons. The number of aliphatic hydroxyl groups is 3. The lowest BCUT2D eigenvalue weighted by atomic mass is 9.57. The van der Waals surface area contributed by atoms with E-state index >= 15 is 0 Å². The van der Waals surface area contributed by atoms with E-state index in [9.17, 15) is 39.6 Å². The standard InChI is InChI=1S/C30H35N3O8/c1-33(2)24-17-10-14-9-16-15(20(35)11-32-18-8-12-3-4-13(18)7-12)5-6-19(34)22(16)25(36)21(14)27(38)30(17,41)28(39)23(26(24)37)29(31)40/h5-6,12-14,17-18,24,32,34,36,39,41H,3-4,7-11H2,1-2H3,(H2,31,40)/t12-,13+,14-,17-,18+,24-,30-/m0/s1. The van der Waals surface area contributed by atoms with Gasteiger partial charge in [-0.05, 0) is 81.6 Å². The Bertz CT molecular complexity index is 1460. The number of carbonyl (C=O) groups is 4. The van der Waals surface area contributed by atoms with Gasteiger partial charge in [-0.15, -0.1) is 0 Å². The molecule has 1 aromatic carbocycles. The summed E-state index contributed by atoms with van der Waals surface area (Å²) in [5.74, 6) is -6.06. The number of nitrogens with zero attached hydrogens (tertiary/aromatic N) is 1. The van der Waals surface area contributed by atoms with Gasteiger partial charge in [0.25, 0.3) is 5.91 Å². The second-order valence-corrected chi connectivity index (χ2v) is 12.5. The van der Waals surface area contributed by atoms with Crippen LogP contribution in [0, 0.1) is 23.7 Å². The molecular weight excluding hydrogens is 530 g/mol. The first-order valence-electron chi connectivity index (χ1n) is 14.1. The molecule has 41 heavy (non-hydrogen) atoms. The van der Waals surface area contributed by atoms with Gasteiger partial charge in [0.05, 0.1) is 18.2 Å². The second-order valence-electron chi connectivity index (χ2n) is 12.5. The molecule has 1 aromatic rings. The van der Waals surface area contributed by atoms with Crippen LogP contribution in [0.2, 0.25) is 0 Å². The average Bonchev–Trinajstić information content (AvgIpc) is 3.53. The molecular formula is C30H35N3O8. The zero-order chi connectivity index (χ0) is 29.5. The molecule has 3 saturated carbocycles. The molecule has 3 fully saturated rings. The van der Waals surface area contributed by atoms with E-state index in [-0.39, 0.29) is 48.1 Å². The molecule has 0 unspecified atom stereocenters. The Kier molecular flexibility index (Phi) is 6.40. The van der Waals surface area contributed by atoms with Crippen LogP contribution in [0.3, 0.4) is 0 Å². The predicted molar refractivity (Wildman–Crippen MR) is 146 cm³/mol. The van der Waals surface area contributed by atoms with Crippen molar-refractivity contribution in [2.75, 3.05) is 20.6 Å². The molecule has 7 N–H and O–H groups in total. The minimum atomic E-state index is -2.70. The molecule has 1 amide bonds. The Labute approximate surface area is 236 Å². The van der Waals surface area contributed by atoms with E-state index in [1.807, 2.05) is 0 Å². The zero-order valence-electron chi connectivity index (χ0n) is 23.0. The molecule has 0 aliphatic heterocycles. The van der Waals surface area contributed by atoms with E-state index in [0.717, 1.165) is 12.8 Å². The van der Waals surface area contributed by atoms with Crippen molar-refractivity contribution in [1.82, 2.24) is 10.2 Å². The highest BCUT2D eigenvalue weighted by Crippen LogP contribution is 2.53. The number of aromatic hydroxyl groups is 1. The third kappa shape index (κ3) is 3.89. The third-order valence-electron chi connectivity index (χ3n) is 10.2. The number of amides is 1. The zero-order valence-corrected chi connectivity index (χ0v) is 23.0. The van der Waals surface area contributed by atoms with Gasteiger partial charge in [0.1, 0.15) is 22.8 Å². The molecule has 7 atom stereocenters. The van der Waals surface area contributed by atoms with Crippen molar-refractivity contribution in [1.29, 1.82) is 0 Å². The molecule has 11 heteroatoms. The highest BCUT2D eigenvalue weighted by Gasteiger charge is 2.64. The Morgan fingerprint density at radius 3 is 2.44 bits per heavy atom. The first-order valence-corrected chi connectivity index (χ1v) is 14.1. The second kappa shape index (κ2) is 9.50. The van der Waals surface area contributed by atoms with Gasteiger partial charge in [0.2, 0.25) is 5.78 Å². The number of phenolic OH excluding ortho intramolecular Hbond substituents is 1. The maximum absolute atomic E-state index is 13.9. The van der Waals surface area contributed by atoms with Crippen molar-refractivity contribution >= 4 is 29.0 Å². The highest BCUT2D eigenvalue weighted by atomic mass is 16.3. The number of hydrogen-bond donors (Lipinski definition) is 6. The molecule has 0 spiro atoms. The number of hydrogen-bond acceptors (Lipinski definition) is 10. The summed E-state index contributed by atoms with van der Waals surface area (Å²) >= 11 is 0. The monoisotopic (exact) mass is 565 g/mol. The molecule has 5 aliphatic carbocycles.